The number of anilines is 2. The lowest BCUT2D eigenvalue weighted by Gasteiger charge is -2.08. The number of rotatable bonds is 3. The predicted molar refractivity (Wildman–Crippen MR) is 71.3 cm³/mol. The number of nitrogens with zero attached hydrogens (tertiary/aromatic N) is 1. The summed E-state index contributed by atoms with van der Waals surface area (Å²) < 4.78 is 17.3. The van der Waals surface area contributed by atoms with E-state index in [1.807, 2.05) is 6.92 Å². The molecule has 0 spiro atoms. The van der Waals surface area contributed by atoms with Gasteiger partial charge < -0.3 is 5.32 Å². The third-order valence-corrected chi connectivity index (χ3v) is 3.52. The maximum absolute atomic E-state index is 13.2. The molecule has 1 aromatic carbocycles. The van der Waals surface area contributed by atoms with Crippen molar-refractivity contribution < 1.29 is 9.18 Å². The minimum Gasteiger partial charge on any atom is -0.345 e. The van der Waals surface area contributed by atoms with E-state index >= 15 is 0 Å². The SMILES string of the molecule is CC(=O)c1c(C)nsc1Nc1cc(F)ccc1C. The van der Waals surface area contributed by atoms with Gasteiger partial charge >= 0.3 is 0 Å². The molecular formula is C13H13FN2OS. The zero-order chi connectivity index (χ0) is 13.3. The highest BCUT2D eigenvalue weighted by atomic mass is 32.1. The summed E-state index contributed by atoms with van der Waals surface area (Å²) in [5, 5.41) is 3.74. The van der Waals surface area contributed by atoms with Gasteiger partial charge in [0.1, 0.15) is 10.8 Å². The van der Waals surface area contributed by atoms with Crippen molar-refractivity contribution in [2.45, 2.75) is 20.8 Å². The minimum absolute atomic E-state index is 0.0437. The van der Waals surface area contributed by atoms with Gasteiger partial charge in [-0.15, -0.1) is 0 Å². The molecule has 0 atom stereocenters. The first-order valence-electron chi connectivity index (χ1n) is 5.49. The Kier molecular flexibility index (Phi) is 3.43. The second-order valence-electron chi connectivity index (χ2n) is 4.11. The number of hydrogen-bond donors (Lipinski definition) is 1. The Bertz CT molecular complexity index is 607. The second kappa shape index (κ2) is 4.86. The first-order chi connectivity index (χ1) is 8.49. The van der Waals surface area contributed by atoms with Crippen LogP contribution in [0.25, 0.3) is 0 Å². The molecule has 0 radical (unpaired) electrons. The molecule has 1 heterocycles. The summed E-state index contributed by atoms with van der Waals surface area (Å²) in [7, 11) is 0. The van der Waals surface area contributed by atoms with E-state index in [0.717, 1.165) is 5.56 Å². The van der Waals surface area contributed by atoms with E-state index < -0.39 is 0 Å². The predicted octanol–water partition coefficient (Wildman–Crippen LogP) is 3.85. The molecule has 2 aromatic rings. The van der Waals surface area contributed by atoms with Crippen LogP contribution in [-0.2, 0) is 0 Å². The summed E-state index contributed by atoms with van der Waals surface area (Å²) in [6.07, 6.45) is 0. The number of benzene rings is 1. The Hall–Kier alpha value is -1.75. The number of nitrogens with one attached hydrogen (secondary N) is 1. The third-order valence-electron chi connectivity index (χ3n) is 2.66. The summed E-state index contributed by atoms with van der Waals surface area (Å²) >= 11 is 1.21. The molecule has 94 valence electrons. The summed E-state index contributed by atoms with van der Waals surface area (Å²) in [6, 6.07) is 4.51. The molecule has 3 nitrogen and oxygen atoms in total. The highest BCUT2D eigenvalue weighted by Gasteiger charge is 2.15. The molecule has 5 heteroatoms. The monoisotopic (exact) mass is 264 g/mol. The highest BCUT2D eigenvalue weighted by molar-refractivity contribution is 7.10. The van der Waals surface area contributed by atoms with Gasteiger partial charge in [-0.3, -0.25) is 4.79 Å². The van der Waals surface area contributed by atoms with Crippen molar-refractivity contribution in [3.8, 4) is 0 Å². The summed E-state index contributed by atoms with van der Waals surface area (Å²) in [5.41, 5.74) is 2.84. The van der Waals surface area contributed by atoms with Gasteiger partial charge in [-0.05, 0) is 50.0 Å². The quantitative estimate of drug-likeness (QED) is 0.856. The summed E-state index contributed by atoms with van der Waals surface area (Å²) in [5.74, 6) is -0.355. The lowest BCUT2D eigenvalue weighted by Crippen LogP contribution is -2.00. The van der Waals surface area contributed by atoms with Crippen molar-refractivity contribution in [3.05, 3.63) is 40.8 Å². The van der Waals surface area contributed by atoms with Gasteiger partial charge in [0.2, 0.25) is 0 Å². The molecule has 1 N–H and O–H groups in total. The van der Waals surface area contributed by atoms with E-state index in [4.69, 9.17) is 0 Å². The van der Waals surface area contributed by atoms with Crippen LogP contribution in [0.3, 0.4) is 0 Å². The van der Waals surface area contributed by atoms with Gasteiger partial charge in [0.05, 0.1) is 11.3 Å². The van der Waals surface area contributed by atoms with Crippen LogP contribution in [0, 0.1) is 19.7 Å². The Morgan fingerprint density at radius 1 is 1.39 bits per heavy atom. The summed E-state index contributed by atoms with van der Waals surface area (Å²) in [4.78, 5) is 11.5. The lowest BCUT2D eigenvalue weighted by molar-refractivity contribution is 0.101. The van der Waals surface area contributed by atoms with E-state index in [0.29, 0.717) is 21.9 Å². The number of carbonyl (C=O) groups excluding carboxylic acids is 1. The largest absolute Gasteiger partial charge is 0.345 e. The third kappa shape index (κ3) is 2.41. The number of aromatic nitrogens is 1. The van der Waals surface area contributed by atoms with Gasteiger partial charge in [-0.1, -0.05) is 6.07 Å². The zero-order valence-electron chi connectivity index (χ0n) is 10.4. The molecule has 0 aliphatic carbocycles. The van der Waals surface area contributed by atoms with Crippen LogP contribution < -0.4 is 5.32 Å². The maximum atomic E-state index is 13.2. The molecule has 18 heavy (non-hydrogen) atoms. The van der Waals surface area contributed by atoms with Crippen molar-refractivity contribution in [1.82, 2.24) is 4.37 Å². The van der Waals surface area contributed by atoms with Gasteiger partial charge in [0.15, 0.2) is 5.78 Å². The Balaban J connectivity index is 2.40. The maximum Gasteiger partial charge on any atom is 0.164 e. The normalized spacial score (nSPS) is 10.4. The lowest BCUT2D eigenvalue weighted by atomic mass is 10.1. The molecule has 2 rings (SSSR count). The summed E-state index contributed by atoms with van der Waals surface area (Å²) in [6.45, 7) is 5.17. The number of hydrogen-bond acceptors (Lipinski definition) is 4. The number of carbonyl (C=O) groups is 1. The molecule has 0 unspecified atom stereocenters. The Morgan fingerprint density at radius 3 is 2.78 bits per heavy atom. The number of Topliss-reactive ketones (excluding diaryl/α,β-unsaturated/α-hetero) is 1. The van der Waals surface area contributed by atoms with Crippen molar-refractivity contribution >= 4 is 28.0 Å². The van der Waals surface area contributed by atoms with Crippen LogP contribution in [0.2, 0.25) is 0 Å². The highest BCUT2D eigenvalue weighted by Crippen LogP contribution is 2.30. The Labute approximate surface area is 109 Å². The van der Waals surface area contributed by atoms with Gasteiger partial charge in [-0.25, -0.2) is 4.39 Å². The Morgan fingerprint density at radius 2 is 2.11 bits per heavy atom. The van der Waals surface area contributed by atoms with E-state index in [-0.39, 0.29) is 11.6 Å². The van der Waals surface area contributed by atoms with Gasteiger partial charge in [0.25, 0.3) is 0 Å². The smallest absolute Gasteiger partial charge is 0.164 e. The molecule has 0 amide bonds. The topological polar surface area (TPSA) is 42.0 Å². The van der Waals surface area contributed by atoms with Gasteiger partial charge in [0, 0.05) is 5.69 Å². The number of halogens is 1. The van der Waals surface area contributed by atoms with Crippen molar-refractivity contribution in [1.29, 1.82) is 0 Å². The molecule has 1 aromatic heterocycles. The van der Waals surface area contributed by atoms with Crippen molar-refractivity contribution in [2.75, 3.05) is 5.32 Å². The molecule has 0 aliphatic rings. The second-order valence-corrected chi connectivity index (χ2v) is 4.89. The standard InChI is InChI=1S/C13H13FN2OS/c1-7-4-5-10(14)6-11(7)15-13-12(9(3)17)8(2)16-18-13/h4-6,15H,1-3H3. The van der Waals surface area contributed by atoms with Crippen LogP contribution >= 0.6 is 11.5 Å². The van der Waals surface area contributed by atoms with Crippen LogP contribution in [0.4, 0.5) is 15.1 Å². The van der Waals surface area contributed by atoms with Crippen molar-refractivity contribution in [3.63, 3.8) is 0 Å². The molecular weight excluding hydrogens is 251 g/mol. The van der Waals surface area contributed by atoms with E-state index in [2.05, 4.69) is 9.69 Å². The molecule has 0 aliphatic heterocycles. The molecule has 0 fully saturated rings. The van der Waals surface area contributed by atoms with Crippen LogP contribution in [-0.4, -0.2) is 10.2 Å². The first-order valence-corrected chi connectivity index (χ1v) is 6.26. The fourth-order valence-corrected chi connectivity index (χ4v) is 2.58. The average molecular weight is 264 g/mol. The van der Waals surface area contributed by atoms with E-state index in [1.165, 1.54) is 30.6 Å². The average Bonchev–Trinajstić information content (AvgIpc) is 2.65. The first kappa shape index (κ1) is 12.7. The van der Waals surface area contributed by atoms with E-state index in [9.17, 15) is 9.18 Å². The molecule has 0 bridgehead atoms. The van der Waals surface area contributed by atoms with E-state index in [1.54, 1.807) is 13.0 Å². The fraction of sp³-hybridized carbons (Fsp3) is 0.231. The molecule has 0 saturated carbocycles. The van der Waals surface area contributed by atoms with Crippen LogP contribution in [0.15, 0.2) is 18.2 Å². The van der Waals surface area contributed by atoms with Gasteiger partial charge in [-0.2, -0.15) is 4.37 Å². The van der Waals surface area contributed by atoms with Crippen molar-refractivity contribution in [2.24, 2.45) is 0 Å². The number of ketones is 1. The molecule has 0 saturated heterocycles. The number of aryl methyl sites for hydroxylation is 2. The minimum atomic E-state index is -0.311. The zero-order valence-corrected chi connectivity index (χ0v) is 11.2. The fourth-order valence-electron chi connectivity index (χ4n) is 1.72. The van der Waals surface area contributed by atoms with Crippen LogP contribution in [0.1, 0.15) is 28.5 Å². The van der Waals surface area contributed by atoms with Crippen LogP contribution in [0.5, 0.6) is 0 Å².